The monoisotopic (exact) mass is 253 g/mol. The first kappa shape index (κ1) is 14.7. The Kier molecular flexibility index (Phi) is 6.46. The summed E-state index contributed by atoms with van der Waals surface area (Å²) in [5, 5.41) is 20.9. The molecular formula is C13H23N3O2. The van der Waals surface area contributed by atoms with E-state index in [4.69, 9.17) is 10.2 Å². The van der Waals surface area contributed by atoms with Gasteiger partial charge in [-0.1, -0.05) is 0 Å². The molecular weight excluding hydrogens is 230 g/mol. The van der Waals surface area contributed by atoms with E-state index in [1.165, 1.54) is 0 Å². The van der Waals surface area contributed by atoms with E-state index in [1.54, 1.807) is 6.20 Å². The van der Waals surface area contributed by atoms with E-state index in [1.807, 2.05) is 24.1 Å². The molecule has 0 aliphatic carbocycles. The van der Waals surface area contributed by atoms with Gasteiger partial charge in [0.15, 0.2) is 0 Å². The second-order valence-corrected chi connectivity index (χ2v) is 4.46. The Balaban J connectivity index is 2.49. The van der Waals surface area contributed by atoms with Crippen molar-refractivity contribution < 1.29 is 10.2 Å². The highest BCUT2D eigenvalue weighted by Gasteiger charge is 2.04. The van der Waals surface area contributed by atoms with E-state index in [0.29, 0.717) is 12.6 Å². The molecule has 1 atom stereocenters. The molecule has 3 N–H and O–H groups in total. The van der Waals surface area contributed by atoms with Gasteiger partial charge in [-0.15, -0.1) is 0 Å². The Morgan fingerprint density at radius 2 is 2.11 bits per heavy atom. The summed E-state index contributed by atoms with van der Waals surface area (Å²) >= 11 is 0. The van der Waals surface area contributed by atoms with Crippen molar-refractivity contribution in [1.82, 2.24) is 4.98 Å². The zero-order valence-electron chi connectivity index (χ0n) is 11.1. The van der Waals surface area contributed by atoms with Gasteiger partial charge in [-0.3, -0.25) is 0 Å². The summed E-state index contributed by atoms with van der Waals surface area (Å²) in [6.07, 6.45) is 3.51. The third kappa shape index (κ3) is 4.89. The van der Waals surface area contributed by atoms with E-state index in [2.05, 4.69) is 17.2 Å². The fourth-order valence-corrected chi connectivity index (χ4v) is 1.70. The highest BCUT2D eigenvalue weighted by Crippen LogP contribution is 2.14. The molecule has 0 amide bonds. The first-order chi connectivity index (χ1) is 8.67. The van der Waals surface area contributed by atoms with Crippen molar-refractivity contribution in [2.75, 3.05) is 37.0 Å². The quantitative estimate of drug-likeness (QED) is 0.647. The van der Waals surface area contributed by atoms with Gasteiger partial charge < -0.3 is 20.4 Å². The lowest BCUT2D eigenvalue weighted by atomic mass is 10.2. The fraction of sp³-hybridized carbons (Fsp3) is 0.615. The van der Waals surface area contributed by atoms with Crippen molar-refractivity contribution in [2.24, 2.45) is 0 Å². The molecule has 0 saturated carbocycles. The molecule has 1 rings (SSSR count). The molecule has 1 unspecified atom stereocenters. The number of hydrogen-bond acceptors (Lipinski definition) is 5. The van der Waals surface area contributed by atoms with E-state index in [9.17, 15) is 0 Å². The second kappa shape index (κ2) is 7.89. The predicted octanol–water partition coefficient (Wildman–Crippen LogP) is 1.08. The van der Waals surface area contributed by atoms with Crippen LogP contribution in [0.1, 0.15) is 19.8 Å². The molecule has 5 heteroatoms. The van der Waals surface area contributed by atoms with Crippen LogP contribution in [0.4, 0.5) is 11.5 Å². The maximum Gasteiger partial charge on any atom is 0.126 e. The summed E-state index contributed by atoms with van der Waals surface area (Å²) in [5.74, 6) is 0.835. The van der Waals surface area contributed by atoms with Crippen LogP contribution in [-0.4, -0.2) is 48.0 Å². The van der Waals surface area contributed by atoms with Crippen LogP contribution in [0.5, 0.6) is 0 Å². The molecule has 18 heavy (non-hydrogen) atoms. The summed E-state index contributed by atoms with van der Waals surface area (Å²) in [5.41, 5.74) is 0.984. The third-order valence-corrected chi connectivity index (χ3v) is 2.81. The number of aliphatic hydroxyl groups is 2. The summed E-state index contributed by atoms with van der Waals surface area (Å²) in [7, 11) is 1.92. The number of pyridine rings is 1. The Labute approximate surface area is 108 Å². The molecule has 5 nitrogen and oxygen atoms in total. The Bertz CT molecular complexity index is 330. The van der Waals surface area contributed by atoms with Crippen molar-refractivity contribution in [2.45, 2.75) is 25.8 Å². The van der Waals surface area contributed by atoms with Crippen LogP contribution < -0.4 is 10.2 Å². The maximum absolute atomic E-state index is 8.86. The number of nitrogens with zero attached hydrogens (tertiary/aromatic N) is 2. The minimum absolute atomic E-state index is 0.134. The van der Waals surface area contributed by atoms with Gasteiger partial charge in [0.1, 0.15) is 5.82 Å². The Morgan fingerprint density at radius 3 is 2.67 bits per heavy atom. The van der Waals surface area contributed by atoms with Crippen molar-refractivity contribution in [3.05, 3.63) is 18.3 Å². The summed E-state index contributed by atoms with van der Waals surface area (Å²) in [4.78, 5) is 6.28. The number of hydrogen-bond donors (Lipinski definition) is 3. The number of nitrogens with one attached hydrogen (secondary N) is 1. The van der Waals surface area contributed by atoms with Gasteiger partial charge in [0.2, 0.25) is 0 Å². The van der Waals surface area contributed by atoms with E-state index < -0.39 is 0 Å². The van der Waals surface area contributed by atoms with Gasteiger partial charge in [-0.05, 0) is 31.9 Å². The van der Waals surface area contributed by atoms with Crippen LogP contribution in [0.25, 0.3) is 0 Å². The molecule has 1 aromatic rings. The molecule has 102 valence electrons. The zero-order valence-corrected chi connectivity index (χ0v) is 11.1. The van der Waals surface area contributed by atoms with Crippen molar-refractivity contribution in [3.8, 4) is 0 Å². The molecule has 0 fully saturated rings. The normalized spacial score (nSPS) is 12.2. The van der Waals surface area contributed by atoms with Gasteiger partial charge in [-0.2, -0.15) is 0 Å². The fourth-order valence-electron chi connectivity index (χ4n) is 1.70. The Hall–Kier alpha value is -1.33. The van der Waals surface area contributed by atoms with Crippen LogP contribution in [0.15, 0.2) is 18.3 Å². The number of likely N-dealkylation sites (N-methyl/N-ethyl adjacent to an activating group) is 1. The van der Waals surface area contributed by atoms with Gasteiger partial charge in [0.05, 0.1) is 18.5 Å². The minimum atomic E-state index is 0.134. The van der Waals surface area contributed by atoms with E-state index in [-0.39, 0.29) is 13.2 Å². The Morgan fingerprint density at radius 1 is 1.33 bits per heavy atom. The molecule has 0 aromatic carbocycles. The van der Waals surface area contributed by atoms with Crippen molar-refractivity contribution in [1.29, 1.82) is 0 Å². The molecule has 0 radical (unpaired) electrons. The average molecular weight is 253 g/mol. The minimum Gasteiger partial charge on any atom is -0.396 e. The lowest BCUT2D eigenvalue weighted by Crippen LogP contribution is -2.21. The number of rotatable bonds is 8. The van der Waals surface area contributed by atoms with Crippen LogP contribution in [0.3, 0.4) is 0 Å². The molecule has 0 bridgehead atoms. The molecule has 0 saturated heterocycles. The topological polar surface area (TPSA) is 68.6 Å². The zero-order chi connectivity index (χ0) is 13.4. The van der Waals surface area contributed by atoms with Gasteiger partial charge >= 0.3 is 0 Å². The third-order valence-electron chi connectivity index (χ3n) is 2.81. The number of aromatic nitrogens is 1. The standard InChI is InChI=1S/C13H23N3O2/c1-11(4-3-8-17)15-13-6-5-12(10-14-13)16(2)7-9-18/h5-6,10-11,17-18H,3-4,7-9H2,1-2H3,(H,14,15). The highest BCUT2D eigenvalue weighted by molar-refractivity contribution is 5.49. The lowest BCUT2D eigenvalue weighted by Gasteiger charge is -2.18. The molecule has 1 heterocycles. The van der Waals surface area contributed by atoms with Gasteiger partial charge in [0, 0.05) is 26.2 Å². The first-order valence-electron chi connectivity index (χ1n) is 6.32. The highest BCUT2D eigenvalue weighted by atomic mass is 16.3. The molecule has 0 aliphatic heterocycles. The maximum atomic E-state index is 8.86. The van der Waals surface area contributed by atoms with Gasteiger partial charge in [0.25, 0.3) is 0 Å². The summed E-state index contributed by atoms with van der Waals surface area (Å²) < 4.78 is 0. The summed E-state index contributed by atoms with van der Waals surface area (Å²) in [6.45, 7) is 3.03. The van der Waals surface area contributed by atoms with Crippen LogP contribution in [0.2, 0.25) is 0 Å². The summed E-state index contributed by atoms with van der Waals surface area (Å²) in [6, 6.07) is 4.20. The average Bonchev–Trinajstić information content (AvgIpc) is 2.37. The van der Waals surface area contributed by atoms with Crippen LogP contribution in [-0.2, 0) is 0 Å². The predicted molar refractivity (Wildman–Crippen MR) is 74.0 cm³/mol. The van der Waals surface area contributed by atoms with E-state index >= 15 is 0 Å². The van der Waals surface area contributed by atoms with E-state index in [0.717, 1.165) is 24.3 Å². The molecule has 1 aromatic heterocycles. The van der Waals surface area contributed by atoms with Crippen LogP contribution >= 0.6 is 0 Å². The SMILES string of the molecule is CC(CCCO)Nc1ccc(N(C)CCO)cn1. The smallest absolute Gasteiger partial charge is 0.126 e. The number of anilines is 2. The van der Waals surface area contributed by atoms with Gasteiger partial charge in [-0.25, -0.2) is 4.98 Å². The van der Waals surface area contributed by atoms with Crippen LogP contribution in [0, 0.1) is 0 Å². The van der Waals surface area contributed by atoms with Crippen molar-refractivity contribution >= 4 is 11.5 Å². The first-order valence-corrected chi connectivity index (χ1v) is 6.32. The number of aliphatic hydroxyl groups excluding tert-OH is 2. The van der Waals surface area contributed by atoms with Crippen molar-refractivity contribution in [3.63, 3.8) is 0 Å². The molecule has 0 aliphatic rings. The second-order valence-electron chi connectivity index (χ2n) is 4.46. The lowest BCUT2D eigenvalue weighted by molar-refractivity contribution is 0.282. The largest absolute Gasteiger partial charge is 0.396 e. The molecule has 0 spiro atoms.